The summed E-state index contributed by atoms with van der Waals surface area (Å²) >= 11 is 1.40. The second-order valence-electron chi connectivity index (χ2n) is 2.97. The van der Waals surface area contributed by atoms with E-state index in [9.17, 15) is 4.79 Å². The molecule has 76 valence electrons. The summed E-state index contributed by atoms with van der Waals surface area (Å²) in [4.78, 5) is 16.4. The average molecular weight is 218 g/mol. The van der Waals surface area contributed by atoms with Crippen LogP contribution in [-0.2, 0) is 0 Å². The fourth-order valence-electron chi connectivity index (χ4n) is 1.22. The van der Waals surface area contributed by atoms with Crippen molar-refractivity contribution in [3.8, 4) is 10.4 Å². The summed E-state index contributed by atoms with van der Waals surface area (Å²) in [6, 6.07) is 9.90. The first-order valence-electron chi connectivity index (χ1n) is 4.54. The zero-order valence-corrected chi connectivity index (χ0v) is 9.04. The number of benzene rings is 1. The van der Waals surface area contributed by atoms with Gasteiger partial charge in [0.25, 0.3) is 5.91 Å². The molecule has 15 heavy (non-hydrogen) atoms. The SMILES string of the molecule is CNC(=O)c1ncc(-c2ccccc2)s1. The molecule has 0 atom stereocenters. The van der Waals surface area contributed by atoms with E-state index in [1.165, 1.54) is 11.3 Å². The van der Waals surface area contributed by atoms with Gasteiger partial charge in [-0.05, 0) is 5.56 Å². The minimum Gasteiger partial charge on any atom is -0.353 e. The highest BCUT2D eigenvalue weighted by Gasteiger charge is 2.09. The maximum absolute atomic E-state index is 11.3. The Morgan fingerprint density at radius 1 is 1.33 bits per heavy atom. The maximum atomic E-state index is 11.3. The molecule has 0 aliphatic carbocycles. The molecular formula is C11H10N2OS. The van der Waals surface area contributed by atoms with Gasteiger partial charge >= 0.3 is 0 Å². The fourth-order valence-corrected chi connectivity index (χ4v) is 2.09. The van der Waals surface area contributed by atoms with E-state index >= 15 is 0 Å². The van der Waals surface area contributed by atoms with E-state index in [0.29, 0.717) is 5.01 Å². The molecule has 0 bridgehead atoms. The molecule has 1 aromatic carbocycles. The van der Waals surface area contributed by atoms with Gasteiger partial charge in [-0.2, -0.15) is 0 Å². The van der Waals surface area contributed by atoms with Crippen LogP contribution in [0, 0.1) is 0 Å². The molecule has 0 unspecified atom stereocenters. The lowest BCUT2D eigenvalue weighted by Crippen LogP contribution is -2.17. The normalized spacial score (nSPS) is 9.93. The van der Waals surface area contributed by atoms with Gasteiger partial charge in [-0.3, -0.25) is 4.79 Å². The van der Waals surface area contributed by atoms with Crippen LogP contribution in [0.4, 0.5) is 0 Å². The molecule has 0 radical (unpaired) electrons. The van der Waals surface area contributed by atoms with Crippen molar-refractivity contribution in [2.75, 3.05) is 7.05 Å². The van der Waals surface area contributed by atoms with Gasteiger partial charge in [-0.25, -0.2) is 4.98 Å². The van der Waals surface area contributed by atoms with Crippen molar-refractivity contribution in [2.24, 2.45) is 0 Å². The van der Waals surface area contributed by atoms with Crippen molar-refractivity contribution in [2.45, 2.75) is 0 Å². The van der Waals surface area contributed by atoms with Gasteiger partial charge in [0.1, 0.15) is 0 Å². The number of carbonyl (C=O) groups excluding carboxylic acids is 1. The van der Waals surface area contributed by atoms with Crippen LogP contribution in [0.3, 0.4) is 0 Å². The Balaban J connectivity index is 2.32. The van der Waals surface area contributed by atoms with E-state index in [1.54, 1.807) is 13.2 Å². The molecule has 0 aliphatic heterocycles. The number of nitrogens with zero attached hydrogens (tertiary/aromatic N) is 1. The first-order valence-corrected chi connectivity index (χ1v) is 5.36. The Morgan fingerprint density at radius 3 is 2.73 bits per heavy atom. The van der Waals surface area contributed by atoms with Gasteiger partial charge in [-0.1, -0.05) is 30.3 Å². The highest BCUT2D eigenvalue weighted by molar-refractivity contribution is 7.16. The molecule has 3 nitrogen and oxygen atoms in total. The molecule has 1 N–H and O–H groups in total. The topological polar surface area (TPSA) is 42.0 Å². The van der Waals surface area contributed by atoms with Crippen LogP contribution in [0.2, 0.25) is 0 Å². The van der Waals surface area contributed by atoms with E-state index in [4.69, 9.17) is 0 Å². The minimum atomic E-state index is -0.137. The first kappa shape index (κ1) is 9.86. The number of thiazole rings is 1. The quantitative estimate of drug-likeness (QED) is 0.839. The lowest BCUT2D eigenvalue weighted by atomic mass is 10.2. The number of carbonyl (C=O) groups is 1. The van der Waals surface area contributed by atoms with E-state index in [0.717, 1.165) is 10.4 Å². The molecular weight excluding hydrogens is 208 g/mol. The summed E-state index contributed by atoms with van der Waals surface area (Å²) in [6.07, 6.45) is 1.73. The Hall–Kier alpha value is -1.68. The standard InChI is InChI=1S/C11H10N2OS/c1-12-10(14)11-13-7-9(15-11)8-5-3-2-4-6-8/h2-7H,1H3,(H,12,14). The van der Waals surface area contributed by atoms with E-state index in [-0.39, 0.29) is 5.91 Å². The third kappa shape index (κ3) is 2.05. The van der Waals surface area contributed by atoms with Crippen LogP contribution in [-0.4, -0.2) is 17.9 Å². The van der Waals surface area contributed by atoms with Crippen molar-refractivity contribution >= 4 is 17.2 Å². The first-order chi connectivity index (χ1) is 7.31. The van der Waals surface area contributed by atoms with Crippen LogP contribution < -0.4 is 5.32 Å². The Kier molecular flexibility index (Phi) is 2.78. The molecule has 1 aromatic heterocycles. The van der Waals surface area contributed by atoms with Gasteiger partial charge in [-0.15, -0.1) is 11.3 Å². The van der Waals surface area contributed by atoms with E-state index in [1.807, 2.05) is 30.3 Å². The molecule has 0 saturated carbocycles. The molecule has 0 fully saturated rings. The third-order valence-electron chi connectivity index (χ3n) is 1.99. The van der Waals surface area contributed by atoms with Crippen LogP contribution in [0.1, 0.15) is 9.80 Å². The fraction of sp³-hybridized carbons (Fsp3) is 0.0909. The maximum Gasteiger partial charge on any atom is 0.280 e. The molecule has 0 saturated heterocycles. The summed E-state index contributed by atoms with van der Waals surface area (Å²) in [6.45, 7) is 0. The summed E-state index contributed by atoms with van der Waals surface area (Å²) in [5.74, 6) is -0.137. The number of nitrogens with one attached hydrogen (secondary N) is 1. The Bertz CT molecular complexity index is 464. The molecule has 2 aromatic rings. The number of hydrogen-bond acceptors (Lipinski definition) is 3. The number of aromatic nitrogens is 1. The largest absolute Gasteiger partial charge is 0.353 e. The molecule has 0 aliphatic rings. The number of amides is 1. The highest BCUT2D eigenvalue weighted by Crippen LogP contribution is 2.25. The van der Waals surface area contributed by atoms with Crippen molar-refractivity contribution < 1.29 is 4.79 Å². The molecule has 4 heteroatoms. The second kappa shape index (κ2) is 4.23. The third-order valence-corrected chi connectivity index (χ3v) is 3.03. The van der Waals surface area contributed by atoms with E-state index < -0.39 is 0 Å². The van der Waals surface area contributed by atoms with Gasteiger partial charge in [0.15, 0.2) is 5.01 Å². The van der Waals surface area contributed by atoms with Gasteiger partial charge in [0.05, 0.1) is 4.88 Å². The van der Waals surface area contributed by atoms with Crippen molar-refractivity contribution in [1.82, 2.24) is 10.3 Å². The zero-order valence-electron chi connectivity index (χ0n) is 8.23. The minimum absolute atomic E-state index is 0.137. The van der Waals surface area contributed by atoms with Crippen LogP contribution in [0.25, 0.3) is 10.4 Å². The molecule has 0 spiro atoms. The summed E-state index contributed by atoms with van der Waals surface area (Å²) < 4.78 is 0. The van der Waals surface area contributed by atoms with E-state index in [2.05, 4.69) is 10.3 Å². The van der Waals surface area contributed by atoms with Crippen LogP contribution in [0.15, 0.2) is 36.5 Å². The zero-order chi connectivity index (χ0) is 10.7. The van der Waals surface area contributed by atoms with Crippen molar-refractivity contribution in [1.29, 1.82) is 0 Å². The summed E-state index contributed by atoms with van der Waals surface area (Å²) in [5, 5.41) is 3.05. The predicted octanol–water partition coefficient (Wildman–Crippen LogP) is 2.17. The Labute approximate surface area is 91.8 Å². The summed E-state index contributed by atoms with van der Waals surface area (Å²) in [7, 11) is 1.60. The van der Waals surface area contributed by atoms with Crippen LogP contribution >= 0.6 is 11.3 Å². The van der Waals surface area contributed by atoms with Crippen molar-refractivity contribution in [3.05, 3.63) is 41.5 Å². The lowest BCUT2D eigenvalue weighted by molar-refractivity contribution is 0.0962. The Morgan fingerprint density at radius 2 is 2.07 bits per heavy atom. The highest BCUT2D eigenvalue weighted by atomic mass is 32.1. The lowest BCUT2D eigenvalue weighted by Gasteiger charge is -1.93. The molecule has 1 amide bonds. The molecule has 2 rings (SSSR count). The van der Waals surface area contributed by atoms with Crippen molar-refractivity contribution in [3.63, 3.8) is 0 Å². The average Bonchev–Trinajstić information content (AvgIpc) is 2.78. The number of hydrogen-bond donors (Lipinski definition) is 1. The monoisotopic (exact) mass is 218 g/mol. The van der Waals surface area contributed by atoms with Gasteiger partial charge in [0, 0.05) is 13.2 Å². The summed E-state index contributed by atoms with van der Waals surface area (Å²) in [5.41, 5.74) is 1.09. The second-order valence-corrected chi connectivity index (χ2v) is 4.01. The number of rotatable bonds is 2. The smallest absolute Gasteiger partial charge is 0.280 e. The predicted molar refractivity (Wildman–Crippen MR) is 60.9 cm³/mol. The van der Waals surface area contributed by atoms with Gasteiger partial charge < -0.3 is 5.32 Å². The van der Waals surface area contributed by atoms with Crippen LogP contribution in [0.5, 0.6) is 0 Å². The molecule has 1 heterocycles. The van der Waals surface area contributed by atoms with Gasteiger partial charge in [0.2, 0.25) is 0 Å².